The lowest BCUT2D eigenvalue weighted by Crippen LogP contribution is -2.44. The molecule has 2 fully saturated rings. The van der Waals surface area contributed by atoms with E-state index in [0.29, 0.717) is 19.3 Å². The quantitative estimate of drug-likeness (QED) is 0.928. The molecule has 1 unspecified atom stereocenters. The lowest BCUT2D eigenvalue weighted by atomic mass is 10.0. The van der Waals surface area contributed by atoms with Crippen LogP contribution in [0.15, 0.2) is 35.3 Å². The minimum absolute atomic E-state index is 0.114. The molecule has 1 saturated carbocycles. The number of ketones is 1. The van der Waals surface area contributed by atoms with Crippen LogP contribution in [-0.4, -0.2) is 35.6 Å². The summed E-state index contributed by atoms with van der Waals surface area (Å²) in [6, 6.07) is 9.42. The minimum Gasteiger partial charge on any atom is -0.298 e. The van der Waals surface area contributed by atoms with Crippen molar-refractivity contribution < 1.29 is 13.6 Å². The maximum absolute atomic E-state index is 14.3. The van der Waals surface area contributed by atoms with Crippen LogP contribution in [0.1, 0.15) is 30.9 Å². The number of halogens is 2. The summed E-state index contributed by atoms with van der Waals surface area (Å²) in [6.45, 7) is -0.668. The second-order valence-electron chi connectivity index (χ2n) is 6.33. The van der Waals surface area contributed by atoms with E-state index in [1.807, 2.05) is 30.3 Å². The molecule has 2 heterocycles. The van der Waals surface area contributed by atoms with Crippen molar-refractivity contribution in [2.45, 2.75) is 37.6 Å². The van der Waals surface area contributed by atoms with Gasteiger partial charge in [0.1, 0.15) is 12.8 Å². The van der Waals surface area contributed by atoms with E-state index in [-0.39, 0.29) is 17.7 Å². The number of fused-ring (bicyclic) bond motifs is 1. The van der Waals surface area contributed by atoms with Crippen molar-refractivity contribution in [1.29, 1.82) is 0 Å². The number of Topliss-reactive ketones (excluding diaryl/α,β-unsaturated/α-hetero) is 1. The Hall–Kier alpha value is -1.82. The van der Waals surface area contributed by atoms with E-state index in [2.05, 4.69) is 10.4 Å². The third-order valence-electron chi connectivity index (χ3n) is 4.88. The predicted molar refractivity (Wildman–Crippen MR) is 77.5 cm³/mol. The Morgan fingerprint density at radius 3 is 2.73 bits per heavy atom. The summed E-state index contributed by atoms with van der Waals surface area (Å²) in [5, 5.41) is 1.70. The Bertz CT molecular complexity index is 630. The summed E-state index contributed by atoms with van der Waals surface area (Å²) in [6.07, 6.45) is -0.395. The van der Waals surface area contributed by atoms with Crippen molar-refractivity contribution in [2.24, 2.45) is 10.4 Å². The molecule has 2 aliphatic heterocycles. The summed E-state index contributed by atoms with van der Waals surface area (Å²) < 4.78 is 27.3. The Morgan fingerprint density at radius 2 is 2.09 bits per heavy atom. The monoisotopic (exact) mass is 305 g/mol. The number of aliphatic imine (C=N–C) groups is 1. The number of carbonyl (C=O) groups is 1. The van der Waals surface area contributed by atoms with Crippen LogP contribution in [0.25, 0.3) is 0 Å². The molecular formula is C16H17F2N3O. The highest BCUT2D eigenvalue weighted by Crippen LogP contribution is 2.48. The molecule has 22 heavy (non-hydrogen) atoms. The summed E-state index contributed by atoms with van der Waals surface area (Å²) in [7, 11) is 0. The van der Waals surface area contributed by atoms with Crippen molar-refractivity contribution in [1.82, 2.24) is 10.4 Å². The van der Waals surface area contributed by atoms with Gasteiger partial charge in [0, 0.05) is 6.42 Å². The number of nitrogens with zero attached hydrogens (tertiary/aromatic N) is 2. The number of hydrogen-bond donors (Lipinski definition) is 1. The Labute approximate surface area is 127 Å². The standard InChI is InChI=1S/C16H17F2N3O/c17-9-16(6-7-16)13(22)14-19-15-11(18)8-12(21(15)20-14)10-4-2-1-3-5-10/h1-5,11-12,15H,6-9H2,(H,19,20)/t11-,12-,15?/m0/s1. The number of nitrogens with one attached hydrogen (secondary N) is 1. The van der Waals surface area contributed by atoms with Crippen LogP contribution in [0.5, 0.6) is 0 Å². The molecule has 0 radical (unpaired) electrons. The molecule has 0 aromatic heterocycles. The largest absolute Gasteiger partial charge is 0.298 e. The van der Waals surface area contributed by atoms with Crippen molar-refractivity contribution in [3.63, 3.8) is 0 Å². The third kappa shape index (κ3) is 1.97. The number of amidine groups is 1. The van der Waals surface area contributed by atoms with Crippen LogP contribution >= 0.6 is 0 Å². The van der Waals surface area contributed by atoms with E-state index in [4.69, 9.17) is 0 Å². The first kappa shape index (κ1) is 13.8. The van der Waals surface area contributed by atoms with Crippen LogP contribution in [-0.2, 0) is 4.79 Å². The predicted octanol–water partition coefficient (Wildman–Crippen LogP) is 2.33. The molecule has 3 aliphatic rings. The van der Waals surface area contributed by atoms with Gasteiger partial charge in [0.25, 0.3) is 0 Å². The first-order chi connectivity index (χ1) is 10.6. The molecule has 1 aromatic rings. The van der Waals surface area contributed by atoms with E-state index in [1.54, 1.807) is 5.01 Å². The second kappa shape index (κ2) is 4.84. The van der Waals surface area contributed by atoms with Gasteiger partial charge in [0.05, 0.1) is 11.5 Å². The molecule has 0 amide bonds. The molecule has 116 valence electrons. The first-order valence-corrected chi connectivity index (χ1v) is 7.57. The molecule has 0 spiro atoms. The zero-order valence-electron chi connectivity index (χ0n) is 12.0. The van der Waals surface area contributed by atoms with Crippen molar-refractivity contribution in [2.75, 3.05) is 6.67 Å². The average Bonchev–Trinajstić information content (AvgIpc) is 3.13. The van der Waals surface area contributed by atoms with E-state index < -0.39 is 24.4 Å². The molecule has 1 saturated heterocycles. The molecule has 1 N–H and O–H groups in total. The lowest BCUT2D eigenvalue weighted by molar-refractivity contribution is -0.118. The Kier molecular flexibility index (Phi) is 3.04. The van der Waals surface area contributed by atoms with Gasteiger partial charge >= 0.3 is 0 Å². The number of hydrogen-bond acceptors (Lipinski definition) is 4. The lowest BCUT2D eigenvalue weighted by Gasteiger charge is -2.23. The van der Waals surface area contributed by atoms with Gasteiger partial charge in [-0.2, -0.15) is 5.01 Å². The fraction of sp³-hybridized carbons (Fsp3) is 0.500. The van der Waals surface area contributed by atoms with Crippen molar-refractivity contribution >= 4 is 11.6 Å². The molecule has 1 aliphatic carbocycles. The van der Waals surface area contributed by atoms with Crippen LogP contribution in [0.2, 0.25) is 0 Å². The number of alkyl halides is 2. The van der Waals surface area contributed by atoms with Gasteiger partial charge in [-0.1, -0.05) is 30.3 Å². The summed E-state index contributed by atoms with van der Waals surface area (Å²) in [5.74, 6) is -0.202. The summed E-state index contributed by atoms with van der Waals surface area (Å²) in [4.78, 5) is 16.6. The number of carbonyl (C=O) groups excluding carboxylic acids is 1. The van der Waals surface area contributed by atoms with E-state index in [0.717, 1.165) is 5.56 Å². The van der Waals surface area contributed by atoms with E-state index in [9.17, 15) is 13.6 Å². The smallest absolute Gasteiger partial charge is 0.207 e. The molecule has 6 heteroatoms. The topological polar surface area (TPSA) is 44.7 Å². The Balaban J connectivity index is 1.57. The fourth-order valence-corrected chi connectivity index (χ4v) is 3.28. The van der Waals surface area contributed by atoms with Gasteiger partial charge in [0.15, 0.2) is 12.0 Å². The highest BCUT2D eigenvalue weighted by molar-refractivity contribution is 6.41. The van der Waals surface area contributed by atoms with Gasteiger partial charge in [-0.25, -0.2) is 13.8 Å². The Morgan fingerprint density at radius 1 is 1.36 bits per heavy atom. The zero-order valence-corrected chi connectivity index (χ0v) is 12.0. The normalized spacial score (nSPS) is 32.3. The summed E-state index contributed by atoms with van der Waals surface area (Å²) >= 11 is 0. The molecule has 4 rings (SSSR count). The molecular weight excluding hydrogens is 288 g/mol. The van der Waals surface area contributed by atoms with Gasteiger partial charge in [0.2, 0.25) is 5.78 Å². The number of hydrazine groups is 1. The van der Waals surface area contributed by atoms with Gasteiger partial charge < -0.3 is 0 Å². The highest BCUT2D eigenvalue weighted by Gasteiger charge is 2.55. The molecule has 4 nitrogen and oxygen atoms in total. The minimum atomic E-state index is -1.14. The molecule has 3 atom stereocenters. The second-order valence-corrected chi connectivity index (χ2v) is 6.33. The van der Waals surface area contributed by atoms with Crippen LogP contribution < -0.4 is 5.43 Å². The van der Waals surface area contributed by atoms with Gasteiger partial charge in [-0.3, -0.25) is 10.2 Å². The first-order valence-electron chi connectivity index (χ1n) is 7.57. The van der Waals surface area contributed by atoms with E-state index in [1.165, 1.54) is 0 Å². The van der Waals surface area contributed by atoms with Crippen LogP contribution in [0.4, 0.5) is 8.78 Å². The SMILES string of the molecule is O=C(C1=NC2[C@@H](F)C[C@@H](c3ccccc3)N2N1)C1(CF)CC1. The van der Waals surface area contributed by atoms with E-state index >= 15 is 0 Å². The molecule has 0 bridgehead atoms. The number of benzene rings is 1. The average molecular weight is 305 g/mol. The van der Waals surface area contributed by atoms with Crippen LogP contribution in [0.3, 0.4) is 0 Å². The zero-order chi connectivity index (χ0) is 15.3. The van der Waals surface area contributed by atoms with Crippen LogP contribution in [0, 0.1) is 5.41 Å². The van der Waals surface area contributed by atoms with Crippen molar-refractivity contribution in [3.8, 4) is 0 Å². The highest BCUT2D eigenvalue weighted by atomic mass is 19.1. The fourth-order valence-electron chi connectivity index (χ4n) is 3.28. The van der Waals surface area contributed by atoms with Crippen molar-refractivity contribution in [3.05, 3.63) is 35.9 Å². The third-order valence-corrected chi connectivity index (χ3v) is 4.88. The maximum atomic E-state index is 14.3. The summed E-state index contributed by atoms with van der Waals surface area (Å²) in [5.41, 5.74) is 3.02. The maximum Gasteiger partial charge on any atom is 0.207 e. The molecule has 1 aromatic carbocycles. The van der Waals surface area contributed by atoms with Gasteiger partial charge in [-0.05, 0) is 18.4 Å². The number of rotatable bonds is 4. The van der Waals surface area contributed by atoms with Gasteiger partial charge in [-0.15, -0.1) is 0 Å².